The highest BCUT2D eigenvalue weighted by Crippen LogP contribution is 2.46. The fraction of sp³-hybridized carbons (Fsp3) is 0.321. The Morgan fingerprint density at radius 1 is 1.09 bits per heavy atom. The third-order valence-corrected chi connectivity index (χ3v) is 6.82. The molecule has 0 bridgehead atoms. The number of carbonyl (C=O) groups is 1. The molecule has 0 amide bonds. The van der Waals surface area contributed by atoms with Crippen molar-refractivity contribution in [1.82, 2.24) is 0 Å². The lowest BCUT2D eigenvalue weighted by atomic mass is 9.88. The zero-order valence-corrected chi connectivity index (χ0v) is 18.6. The van der Waals surface area contributed by atoms with Crippen LogP contribution in [-0.2, 0) is 11.2 Å². The van der Waals surface area contributed by atoms with Gasteiger partial charge in [-0.05, 0) is 84.0 Å². The van der Waals surface area contributed by atoms with Gasteiger partial charge in [0.2, 0.25) is 0 Å². The van der Waals surface area contributed by atoms with Crippen LogP contribution in [0.3, 0.4) is 0 Å². The van der Waals surface area contributed by atoms with Crippen molar-refractivity contribution >= 4 is 5.97 Å². The highest BCUT2D eigenvalue weighted by molar-refractivity contribution is 5.68. The maximum Gasteiger partial charge on any atom is 0.303 e. The Labute approximate surface area is 193 Å². The average Bonchev–Trinajstić information content (AvgIpc) is 3.68. The van der Waals surface area contributed by atoms with E-state index in [1.807, 2.05) is 30.3 Å². The molecule has 1 aliphatic carbocycles. The van der Waals surface area contributed by atoms with E-state index in [1.54, 1.807) is 19.2 Å². The highest BCUT2D eigenvalue weighted by Gasteiger charge is 2.34. The van der Waals surface area contributed by atoms with Crippen LogP contribution in [0.15, 0.2) is 60.7 Å². The SMILES string of the molecule is COc1ccc(F)c(-c2ccc(C3CCc4ccc(C(CC(=O)O)C5CC5)cc4O3)cc2)c1. The molecule has 0 saturated heterocycles. The van der Waals surface area contributed by atoms with E-state index in [0.29, 0.717) is 17.2 Å². The van der Waals surface area contributed by atoms with E-state index in [0.717, 1.165) is 53.7 Å². The minimum Gasteiger partial charge on any atom is -0.497 e. The first-order valence-corrected chi connectivity index (χ1v) is 11.5. The van der Waals surface area contributed by atoms with Gasteiger partial charge >= 0.3 is 5.97 Å². The van der Waals surface area contributed by atoms with Crippen LogP contribution in [0.25, 0.3) is 11.1 Å². The van der Waals surface area contributed by atoms with Crippen molar-refractivity contribution in [1.29, 1.82) is 0 Å². The number of hydrogen-bond acceptors (Lipinski definition) is 3. The number of ether oxygens (including phenoxy) is 2. The number of halogens is 1. The van der Waals surface area contributed by atoms with E-state index < -0.39 is 5.97 Å². The van der Waals surface area contributed by atoms with E-state index in [4.69, 9.17) is 9.47 Å². The van der Waals surface area contributed by atoms with Gasteiger partial charge in [0.15, 0.2) is 0 Å². The third kappa shape index (κ3) is 4.58. The molecule has 3 aromatic rings. The zero-order chi connectivity index (χ0) is 22.9. The molecule has 1 saturated carbocycles. The van der Waals surface area contributed by atoms with Gasteiger partial charge in [0.1, 0.15) is 23.4 Å². The number of methoxy groups -OCH3 is 1. The van der Waals surface area contributed by atoms with Crippen LogP contribution in [0.1, 0.15) is 54.4 Å². The Kier molecular flexibility index (Phi) is 5.79. The molecule has 0 spiro atoms. The molecule has 2 unspecified atom stereocenters. The Hall–Kier alpha value is -3.34. The van der Waals surface area contributed by atoms with Crippen molar-refractivity contribution in [3.05, 3.63) is 83.2 Å². The summed E-state index contributed by atoms with van der Waals surface area (Å²) < 4.78 is 25.9. The summed E-state index contributed by atoms with van der Waals surface area (Å²) in [5.74, 6) is 0.937. The van der Waals surface area contributed by atoms with Gasteiger partial charge in [-0.2, -0.15) is 0 Å². The van der Waals surface area contributed by atoms with Gasteiger partial charge in [0.25, 0.3) is 0 Å². The van der Waals surface area contributed by atoms with E-state index in [2.05, 4.69) is 12.1 Å². The Balaban J connectivity index is 1.36. The minimum atomic E-state index is -0.754. The molecule has 2 aliphatic rings. The van der Waals surface area contributed by atoms with Crippen LogP contribution in [0, 0.1) is 11.7 Å². The maximum atomic E-state index is 14.3. The molecule has 1 N–H and O–H groups in total. The summed E-state index contributed by atoms with van der Waals surface area (Å²) in [6.45, 7) is 0. The largest absolute Gasteiger partial charge is 0.497 e. The molecule has 0 radical (unpaired) electrons. The second-order valence-electron chi connectivity index (χ2n) is 9.02. The molecule has 5 heteroatoms. The molecule has 1 fully saturated rings. The monoisotopic (exact) mass is 446 g/mol. The number of benzene rings is 3. The van der Waals surface area contributed by atoms with Gasteiger partial charge < -0.3 is 14.6 Å². The Morgan fingerprint density at radius 2 is 1.88 bits per heavy atom. The molecule has 170 valence electrons. The van der Waals surface area contributed by atoms with Crippen LogP contribution in [0.2, 0.25) is 0 Å². The van der Waals surface area contributed by atoms with Crippen molar-refractivity contribution in [3.63, 3.8) is 0 Å². The van der Waals surface area contributed by atoms with Crippen LogP contribution in [-0.4, -0.2) is 18.2 Å². The maximum absolute atomic E-state index is 14.3. The number of carboxylic acids is 1. The second kappa shape index (κ2) is 8.89. The third-order valence-electron chi connectivity index (χ3n) is 6.82. The molecule has 33 heavy (non-hydrogen) atoms. The summed E-state index contributed by atoms with van der Waals surface area (Å²) in [5, 5.41) is 9.34. The van der Waals surface area contributed by atoms with Gasteiger partial charge in [-0.25, -0.2) is 4.39 Å². The van der Waals surface area contributed by atoms with Crippen molar-refractivity contribution in [3.8, 4) is 22.6 Å². The number of rotatable bonds is 7. The van der Waals surface area contributed by atoms with Crippen molar-refractivity contribution in [2.45, 2.75) is 44.1 Å². The molecule has 5 rings (SSSR count). The van der Waals surface area contributed by atoms with E-state index >= 15 is 0 Å². The van der Waals surface area contributed by atoms with Crippen molar-refractivity contribution < 1.29 is 23.8 Å². The van der Waals surface area contributed by atoms with Crippen molar-refractivity contribution in [2.75, 3.05) is 7.11 Å². The van der Waals surface area contributed by atoms with Gasteiger partial charge in [0, 0.05) is 5.56 Å². The van der Waals surface area contributed by atoms with E-state index in [9.17, 15) is 14.3 Å². The summed E-state index contributed by atoms with van der Waals surface area (Å²) in [7, 11) is 1.57. The van der Waals surface area contributed by atoms with Gasteiger partial charge in [-0.1, -0.05) is 36.4 Å². The average molecular weight is 447 g/mol. The fourth-order valence-electron chi connectivity index (χ4n) is 4.82. The normalized spacial score (nSPS) is 18.2. The number of aryl methyl sites for hydroxylation is 1. The lowest BCUT2D eigenvalue weighted by molar-refractivity contribution is -0.137. The first-order valence-electron chi connectivity index (χ1n) is 11.5. The van der Waals surface area contributed by atoms with Crippen LogP contribution < -0.4 is 9.47 Å². The molecule has 3 aromatic carbocycles. The lowest BCUT2D eigenvalue weighted by Crippen LogP contribution is -2.16. The molecule has 4 nitrogen and oxygen atoms in total. The zero-order valence-electron chi connectivity index (χ0n) is 18.6. The summed E-state index contributed by atoms with van der Waals surface area (Å²) in [4.78, 5) is 11.4. The minimum absolute atomic E-state index is 0.0498. The summed E-state index contributed by atoms with van der Waals surface area (Å²) in [6.07, 6.45) is 4.03. The van der Waals surface area contributed by atoms with Gasteiger partial charge in [-0.15, -0.1) is 0 Å². The lowest BCUT2D eigenvalue weighted by Gasteiger charge is -2.28. The first-order chi connectivity index (χ1) is 16.0. The molecule has 0 aromatic heterocycles. The number of aliphatic carboxylic acids is 1. The molecule has 1 heterocycles. The highest BCUT2D eigenvalue weighted by atomic mass is 19.1. The molecule has 2 atom stereocenters. The molecule has 1 aliphatic heterocycles. The van der Waals surface area contributed by atoms with Gasteiger partial charge in [-0.3, -0.25) is 4.79 Å². The summed E-state index contributed by atoms with van der Waals surface area (Å²) in [5.41, 5.74) is 4.56. The predicted molar refractivity (Wildman–Crippen MR) is 124 cm³/mol. The topological polar surface area (TPSA) is 55.8 Å². The molecular formula is C28H27FO4. The van der Waals surface area contributed by atoms with Crippen LogP contribution >= 0.6 is 0 Å². The summed E-state index contributed by atoms with van der Waals surface area (Å²) in [6, 6.07) is 18.8. The quantitative estimate of drug-likeness (QED) is 0.448. The standard InChI is InChI=1S/C28H27FO4/c1-32-22-11-12-25(29)24(15-22)18-4-6-19(7-5-18)26-13-10-20-8-9-21(14-27(20)33-26)23(16-28(30)31)17-2-3-17/h4-9,11-12,14-15,17,23,26H,2-3,10,13,16H2,1H3,(H,30,31). The fourth-order valence-corrected chi connectivity index (χ4v) is 4.82. The second-order valence-corrected chi connectivity index (χ2v) is 9.02. The number of carboxylic acid groups (broad SMARTS) is 1. The van der Waals surface area contributed by atoms with E-state index in [-0.39, 0.29) is 24.3 Å². The van der Waals surface area contributed by atoms with Crippen molar-refractivity contribution in [2.24, 2.45) is 5.92 Å². The van der Waals surface area contributed by atoms with Crippen LogP contribution in [0.5, 0.6) is 11.5 Å². The van der Waals surface area contributed by atoms with Crippen LogP contribution in [0.4, 0.5) is 4.39 Å². The summed E-state index contributed by atoms with van der Waals surface area (Å²) >= 11 is 0. The molecular weight excluding hydrogens is 419 g/mol. The first kappa shape index (κ1) is 21.5. The number of hydrogen-bond donors (Lipinski definition) is 1. The van der Waals surface area contributed by atoms with E-state index in [1.165, 1.54) is 6.07 Å². The Morgan fingerprint density at radius 3 is 2.58 bits per heavy atom. The smallest absolute Gasteiger partial charge is 0.303 e. The Bertz CT molecular complexity index is 1170. The predicted octanol–water partition coefficient (Wildman–Crippen LogP) is 6.54. The van der Waals surface area contributed by atoms with Gasteiger partial charge in [0.05, 0.1) is 13.5 Å². The number of fused-ring (bicyclic) bond motifs is 1.